The molecule has 0 radical (unpaired) electrons. The first-order valence-electron chi connectivity index (χ1n) is 7.06. The van der Waals surface area contributed by atoms with E-state index in [4.69, 9.17) is 5.73 Å². The third kappa shape index (κ3) is 2.44. The van der Waals surface area contributed by atoms with Crippen molar-refractivity contribution in [2.24, 2.45) is 0 Å². The minimum absolute atomic E-state index is 0.0497. The highest BCUT2D eigenvalue weighted by Crippen LogP contribution is 2.30. The van der Waals surface area contributed by atoms with Gasteiger partial charge in [-0.3, -0.25) is 4.79 Å². The van der Waals surface area contributed by atoms with E-state index >= 15 is 0 Å². The number of benzene rings is 2. The third-order valence-electron chi connectivity index (χ3n) is 3.87. The first kappa shape index (κ1) is 13.5. The number of fused-ring (bicyclic) bond motifs is 1. The van der Waals surface area contributed by atoms with Gasteiger partial charge in [0, 0.05) is 17.9 Å². The Morgan fingerprint density at radius 2 is 2.05 bits per heavy atom. The number of rotatable bonds is 1. The third-order valence-corrected chi connectivity index (χ3v) is 3.87. The zero-order valence-electron chi connectivity index (χ0n) is 12.0. The van der Waals surface area contributed by atoms with Crippen molar-refractivity contribution in [3.63, 3.8) is 0 Å². The molecule has 0 aliphatic carbocycles. The van der Waals surface area contributed by atoms with Crippen LogP contribution in [0.15, 0.2) is 36.4 Å². The highest BCUT2D eigenvalue weighted by atomic mass is 16.3. The maximum absolute atomic E-state index is 12.8. The van der Waals surface area contributed by atoms with Crippen LogP contribution in [0.3, 0.4) is 0 Å². The van der Waals surface area contributed by atoms with E-state index in [9.17, 15) is 9.90 Å². The van der Waals surface area contributed by atoms with E-state index in [2.05, 4.69) is 6.07 Å². The van der Waals surface area contributed by atoms with Gasteiger partial charge in [-0.2, -0.15) is 0 Å². The van der Waals surface area contributed by atoms with Crippen LogP contribution < -0.4 is 10.6 Å². The van der Waals surface area contributed by atoms with Gasteiger partial charge in [-0.05, 0) is 49.6 Å². The Bertz CT molecular complexity index is 710. The molecule has 0 unspecified atom stereocenters. The van der Waals surface area contributed by atoms with Crippen molar-refractivity contribution >= 4 is 17.3 Å². The molecule has 1 aliphatic rings. The van der Waals surface area contributed by atoms with Crippen LogP contribution in [-0.4, -0.2) is 17.6 Å². The van der Waals surface area contributed by atoms with E-state index < -0.39 is 0 Å². The minimum atomic E-state index is -0.159. The number of hydrogen-bond donors (Lipinski definition) is 2. The number of carbonyl (C=O) groups is 1. The van der Waals surface area contributed by atoms with Gasteiger partial charge in [-0.25, -0.2) is 0 Å². The highest BCUT2D eigenvalue weighted by molar-refractivity contribution is 6.10. The van der Waals surface area contributed by atoms with Crippen LogP contribution in [0.5, 0.6) is 5.75 Å². The molecule has 0 saturated carbocycles. The second-order valence-corrected chi connectivity index (χ2v) is 5.46. The molecule has 4 nitrogen and oxygen atoms in total. The number of nitrogens with two attached hydrogens (primary N) is 1. The van der Waals surface area contributed by atoms with Crippen LogP contribution in [0.4, 0.5) is 11.4 Å². The van der Waals surface area contributed by atoms with Crippen molar-refractivity contribution in [3.8, 4) is 5.75 Å². The molecule has 2 aromatic carbocycles. The average molecular weight is 282 g/mol. The summed E-state index contributed by atoms with van der Waals surface area (Å²) in [6.45, 7) is 2.72. The van der Waals surface area contributed by atoms with Crippen LogP contribution in [0.2, 0.25) is 0 Å². The van der Waals surface area contributed by atoms with Crippen LogP contribution in [0, 0.1) is 6.92 Å². The van der Waals surface area contributed by atoms with Gasteiger partial charge in [0.1, 0.15) is 5.75 Å². The van der Waals surface area contributed by atoms with Gasteiger partial charge in [0.05, 0.1) is 5.56 Å². The first-order chi connectivity index (χ1) is 10.1. The summed E-state index contributed by atoms with van der Waals surface area (Å²) < 4.78 is 0. The molecule has 0 atom stereocenters. The molecule has 0 spiro atoms. The number of phenols is 1. The molecule has 21 heavy (non-hydrogen) atoms. The van der Waals surface area contributed by atoms with Crippen molar-refractivity contribution in [2.75, 3.05) is 17.2 Å². The standard InChI is InChI=1S/C17H18N2O2/c1-11-4-7-16-12(9-11)3-2-8-19(16)17(21)14-10-13(20)5-6-15(14)18/h4-7,9-10,20H,2-3,8,18H2,1H3. The number of amides is 1. The monoisotopic (exact) mass is 282 g/mol. The van der Waals surface area contributed by atoms with Crippen molar-refractivity contribution in [1.29, 1.82) is 0 Å². The van der Waals surface area contributed by atoms with Crippen molar-refractivity contribution < 1.29 is 9.90 Å². The van der Waals surface area contributed by atoms with E-state index in [1.807, 2.05) is 19.1 Å². The number of carbonyl (C=O) groups excluding carboxylic acids is 1. The van der Waals surface area contributed by atoms with Gasteiger partial charge >= 0.3 is 0 Å². The molecular weight excluding hydrogens is 264 g/mol. The van der Waals surface area contributed by atoms with Gasteiger partial charge in [0.25, 0.3) is 5.91 Å². The second kappa shape index (κ2) is 5.13. The summed E-state index contributed by atoms with van der Waals surface area (Å²) in [7, 11) is 0. The van der Waals surface area contributed by atoms with E-state index in [0.717, 1.165) is 18.5 Å². The summed E-state index contributed by atoms with van der Waals surface area (Å²) in [5.41, 5.74) is 9.95. The lowest BCUT2D eigenvalue weighted by Gasteiger charge is -2.30. The predicted octanol–water partition coefficient (Wildman–Crippen LogP) is 2.88. The molecule has 1 heterocycles. The largest absolute Gasteiger partial charge is 0.508 e. The molecule has 0 saturated heterocycles. The topological polar surface area (TPSA) is 66.6 Å². The molecule has 2 aromatic rings. The number of aromatic hydroxyl groups is 1. The highest BCUT2D eigenvalue weighted by Gasteiger charge is 2.25. The predicted molar refractivity (Wildman–Crippen MR) is 83.7 cm³/mol. The van der Waals surface area contributed by atoms with Crippen LogP contribution >= 0.6 is 0 Å². The number of hydrogen-bond acceptors (Lipinski definition) is 3. The fourth-order valence-electron chi connectivity index (χ4n) is 2.81. The summed E-state index contributed by atoms with van der Waals surface area (Å²) in [6, 6.07) is 10.6. The van der Waals surface area contributed by atoms with Gasteiger partial charge in [0.15, 0.2) is 0 Å². The molecule has 1 aliphatic heterocycles. The molecule has 3 rings (SSSR count). The number of nitrogens with zero attached hydrogens (tertiary/aromatic N) is 1. The van der Waals surface area contributed by atoms with Crippen LogP contribution in [-0.2, 0) is 6.42 Å². The molecule has 108 valence electrons. The normalized spacial score (nSPS) is 13.9. The molecule has 1 amide bonds. The summed E-state index contributed by atoms with van der Waals surface area (Å²) in [4.78, 5) is 14.5. The Balaban J connectivity index is 2.02. The SMILES string of the molecule is Cc1ccc2c(c1)CCCN2C(=O)c1cc(O)ccc1N. The molecule has 0 aromatic heterocycles. The maximum atomic E-state index is 12.8. The molecule has 0 bridgehead atoms. The minimum Gasteiger partial charge on any atom is -0.508 e. The second-order valence-electron chi connectivity index (χ2n) is 5.46. The van der Waals surface area contributed by atoms with Gasteiger partial charge in [0.2, 0.25) is 0 Å². The molecule has 4 heteroatoms. The van der Waals surface area contributed by atoms with Crippen molar-refractivity contribution in [2.45, 2.75) is 19.8 Å². The Hall–Kier alpha value is -2.49. The van der Waals surface area contributed by atoms with Crippen molar-refractivity contribution in [1.82, 2.24) is 0 Å². The van der Waals surface area contributed by atoms with Crippen molar-refractivity contribution in [3.05, 3.63) is 53.1 Å². The molecular formula is C17H18N2O2. The average Bonchev–Trinajstić information content (AvgIpc) is 2.48. The van der Waals surface area contributed by atoms with E-state index in [1.54, 1.807) is 11.0 Å². The lowest BCUT2D eigenvalue weighted by molar-refractivity contribution is 0.0985. The summed E-state index contributed by atoms with van der Waals surface area (Å²) in [6.07, 6.45) is 1.91. The smallest absolute Gasteiger partial charge is 0.260 e. The summed E-state index contributed by atoms with van der Waals surface area (Å²) in [5, 5.41) is 9.59. The van der Waals surface area contributed by atoms with E-state index in [0.29, 0.717) is 17.8 Å². The zero-order chi connectivity index (χ0) is 15.0. The number of nitrogen functional groups attached to an aromatic ring is 1. The van der Waals surface area contributed by atoms with E-state index in [-0.39, 0.29) is 11.7 Å². The molecule has 0 fully saturated rings. The fourth-order valence-corrected chi connectivity index (χ4v) is 2.81. The Labute approximate surface area is 123 Å². The van der Waals surface area contributed by atoms with Crippen LogP contribution in [0.1, 0.15) is 27.9 Å². The Morgan fingerprint density at radius 3 is 2.86 bits per heavy atom. The maximum Gasteiger partial charge on any atom is 0.260 e. The lowest BCUT2D eigenvalue weighted by Crippen LogP contribution is -2.35. The number of phenolic OH excluding ortho intramolecular Hbond substituents is 1. The zero-order valence-corrected chi connectivity index (χ0v) is 12.0. The Morgan fingerprint density at radius 1 is 1.24 bits per heavy atom. The fraction of sp³-hybridized carbons (Fsp3) is 0.235. The number of anilines is 2. The first-order valence-corrected chi connectivity index (χ1v) is 7.06. The number of aryl methyl sites for hydroxylation is 2. The van der Waals surface area contributed by atoms with Gasteiger partial charge in [-0.15, -0.1) is 0 Å². The van der Waals surface area contributed by atoms with E-state index in [1.165, 1.54) is 23.3 Å². The van der Waals surface area contributed by atoms with Gasteiger partial charge < -0.3 is 15.7 Å². The van der Waals surface area contributed by atoms with Gasteiger partial charge in [-0.1, -0.05) is 17.7 Å². The summed E-state index contributed by atoms with van der Waals surface area (Å²) in [5.74, 6) is -0.109. The quantitative estimate of drug-likeness (QED) is 0.624. The lowest BCUT2D eigenvalue weighted by atomic mass is 9.98. The summed E-state index contributed by atoms with van der Waals surface area (Å²) >= 11 is 0. The Kier molecular flexibility index (Phi) is 3.29. The molecule has 3 N–H and O–H groups in total. The van der Waals surface area contributed by atoms with Crippen LogP contribution in [0.25, 0.3) is 0 Å².